The van der Waals surface area contributed by atoms with Crippen LogP contribution in [0.15, 0.2) is 5.38 Å². The molecule has 126 valence electrons. The van der Waals surface area contributed by atoms with Crippen LogP contribution in [0.2, 0.25) is 0 Å². The minimum absolute atomic E-state index is 0.0673. The number of unbranched alkanes of at least 4 members (excludes halogenated alkanes) is 3. The number of amides is 2. The first-order valence-electron chi connectivity index (χ1n) is 8.51. The Balaban J connectivity index is 2.14. The van der Waals surface area contributed by atoms with Gasteiger partial charge in [0.1, 0.15) is 0 Å². The molecule has 1 rings (SSSR count). The van der Waals surface area contributed by atoms with Gasteiger partial charge in [-0.15, -0.1) is 11.3 Å². The van der Waals surface area contributed by atoms with E-state index in [0.29, 0.717) is 12.5 Å². The number of nitrogens with one attached hydrogen (secondary N) is 2. The van der Waals surface area contributed by atoms with E-state index in [4.69, 9.17) is 0 Å². The van der Waals surface area contributed by atoms with Crippen LogP contribution in [-0.2, 0) is 6.42 Å². The lowest BCUT2D eigenvalue weighted by Crippen LogP contribution is -2.41. The first-order chi connectivity index (χ1) is 10.5. The van der Waals surface area contributed by atoms with Crippen molar-refractivity contribution < 1.29 is 4.79 Å². The van der Waals surface area contributed by atoms with Crippen LogP contribution >= 0.6 is 11.3 Å². The molecule has 1 unspecified atom stereocenters. The molecule has 0 saturated carbocycles. The van der Waals surface area contributed by atoms with E-state index in [2.05, 4.69) is 48.7 Å². The van der Waals surface area contributed by atoms with Crippen molar-refractivity contribution in [2.45, 2.75) is 78.2 Å². The van der Waals surface area contributed by atoms with Crippen LogP contribution < -0.4 is 10.6 Å². The van der Waals surface area contributed by atoms with Crippen LogP contribution in [0, 0.1) is 0 Å². The monoisotopic (exact) mass is 325 g/mol. The third-order valence-electron chi connectivity index (χ3n) is 3.60. The number of rotatable bonds is 10. The van der Waals surface area contributed by atoms with E-state index in [1.807, 2.05) is 0 Å². The zero-order valence-electron chi connectivity index (χ0n) is 14.4. The molecule has 0 aliphatic heterocycles. The molecule has 5 heteroatoms. The molecule has 1 aromatic rings. The smallest absolute Gasteiger partial charge is 0.315 e. The van der Waals surface area contributed by atoms with Gasteiger partial charge in [-0.1, -0.05) is 46.5 Å². The Morgan fingerprint density at radius 1 is 1.27 bits per heavy atom. The number of hydrogen-bond donors (Lipinski definition) is 2. The lowest BCUT2D eigenvalue weighted by molar-refractivity contribution is 0.237. The summed E-state index contributed by atoms with van der Waals surface area (Å²) in [5, 5.41) is 9.17. The van der Waals surface area contributed by atoms with Gasteiger partial charge in [-0.2, -0.15) is 0 Å². The number of aromatic nitrogens is 1. The maximum absolute atomic E-state index is 11.8. The van der Waals surface area contributed by atoms with E-state index in [-0.39, 0.29) is 12.1 Å². The number of carbonyl (C=O) groups is 1. The predicted octanol–water partition coefficient (Wildman–Crippen LogP) is 4.47. The molecule has 0 aliphatic carbocycles. The summed E-state index contributed by atoms with van der Waals surface area (Å²) in [5.74, 6) is 0.476. The van der Waals surface area contributed by atoms with Gasteiger partial charge >= 0.3 is 6.03 Å². The lowest BCUT2D eigenvalue weighted by atomic mass is 10.1. The maximum Gasteiger partial charge on any atom is 0.315 e. The molecule has 0 spiro atoms. The minimum Gasteiger partial charge on any atom is -0.338 e. The quantitative estimate of drug-likeness (QED) is 0.624. The summed E-state index contributed by atoms with van der Waals surface area (Å²) >= 11 is 1.70. The highest BCUT2D eigenvalue weighted by Gasteiger charge is 2.08. The van der Waals surface area contributed by atoms with Crippen molar-refractivity contribution in [2.75, 3.05) is 6.54 Å². The molecule has 0 bridgehead atoms. The van der Waals surface area contributed by atoms with E-state index in [1.165, 1.54) is 30.7 Å². The van der Waals surface area contributed by atoms with E-state index < -0.39 is 0 Å². The molecule has 0 radical (unpaired) electrons. The molecular formula is C17H31N3OS. The second-order valence-corrected chi connectivity index (χ2v) is 7.12. The third-order valence-corrected chi connectivity index (χ3v) is 4.79. The standard InChI is InChI=1S/C17H31N3OS/c1-5-6-7-8-9-14(4)19-17(21)18-11-10-15-12-22-16(20-15)13(2)3/h12-14H,5-11H2,1-4H3,(H2,18,19,21). The van der Waals surface area contributed by atoms with E-state index in [1.54, 1.807) is 11.3 Å². The zero-order chi connectivity index (χ0) is 16.4. The minimum atomic E-state index is -0.0673. The van der Waals surface area contributed by atoms with Crippen LogP contribution in [0.1, 0.15) is 76.4 Å². The Morgan fingerprint density at radius 3 is 2.68 bits per heavy atom. The average Bonchev–Trinajstić information content (AvgIpc) is 2.92. The predicted molar refractivity (Wildman–Crippen MR) is 94.7 cm³/mol. The van der Waals surface area contributed by atoms with Crippen molar-refractivity contribution in [1.82, 2.24) is 15.6 Å². The maximum atomic E-state index is 11.8. The van der Waals surface area contributed by atoms with Gasteiger partial charge in [0.25, 0.3) is 0 Å². The van der Waals surface area contributed by atoms with Gasteiger partial charge in [-0.05, 0) is 13.3 Å². The highest BCUT2D eigenvalue weighted by Crippen LogP contribution is 2.19. The van der Waals surface area contributed by atoms with Crippen LogP contribution in [-0.4, -0.2) is 23.6 Å². The highest BCUT2D eigenvalue weighted by molar-refractivity contribution is 7.09. The zero-order valence-corrected chi connectivity index (χ0v) is 15.3. The number of urea groups is 1. The van der Waals surface area contributed by atoms with Gasteiger partial charge in [-0.3, -0.25) is 0 Å². The number of carbonyl (C=O) groups excluding carboxylic acids is 1. The Morgan fingerprint density at radius 2 is 2.05 bits per heavy atom. The van der Waals surface area contributed by atoms with Crippen molar-refractivity contribution in [3.05, 3.63) is 16.1 Å². The molecular weight excluding hydrogens is 294 g/mol. The van der Waals surface area contributed by atoms with Gasteiger partial charge in [-0.25, -0.2) is 9.78 Å². The van der Waals surface area contributed by atoms with Crippen LogP contribution in [0.25, 0.3) is 0 Å². The molecule has 1 aromatic heterocycles. The summed E-state index contributed by atoms with van der Waals surface area (Å²) in [6.07, 6.45) is 6.82. The first kappa shape index (κ1) is 18.9. The van der Waals surface area contributed by atoms with Crippen molar-refractivity contribution in [2.24, 2.45) is 0 Å². The molecule has 1 heterocycles. The Hall–Kier alpha value is -1.10. The first-order valence-corrected chi connectivity index (χ1v) is 9.39. The molecule has 0 aromatic carbocycles. The lowest BCUT2D eigenvalue weighted by Gasteiger charge is -2.14. The number of hydrogen-bond acceptors (Lipinski definition) is 3. The topological polar surface area (TPSA) is 54.0 Å². The molecule has 22 heavy (non-hydrogen) atoms. The number of nitrogens with zero attached hydrogens (tertiary/aromatic N) is 1. The van der Waals surface area contributed by atoms with Crippen LogP contribution in [0.3, 0.4) is 0 Å². The van der Waals surface area contributed by atoms with Crippen molar-refractivity contribution in [1.29, 1.82) is 0 Å². The average molecular weight is 326 g/mol. The Kier molecular flexibility index (Phi) is 9.13. The normalized spacial score (nSPS) is 12.4. The molecule has 1 atom stereocenters. The van der Waals surface area contributed by atoms with Crippen LogP contribution in [0.5, 0.6) is 0 Å². The van der Waals surface area contributed by atoms with Crippen LogP contribution in [0.4, 0.5) is 4.79 Å². The summed E-state index contributed by atoms with van der Waals surface area (Å²) in [6.45, 7) is 9.21. The fraction of sp³-hybridized carbons (Fsp3) is 0.765. The van der Waals surface area contributed by atoms with E-state index >= 15 is 0 Å². The van der Waals surface area contributed by atoms with Gasteiger partial charge in [0.15, 0.2) is 0 Å². The van der Waals surface area contributed by atoms with Gasteiger partial charge in [0.2, 0.25) is 0 Å². The second-order valence-electron chi connectivity index (χ2n) is 6.23. The summed E-state index contributed by atoms with van der Waals surface area (Å²) in [6, 6.07) is 0.172. The molecule has 2 N–H and O–H groups in total. The highest BCUT2D eigenvalue weighted by atomic mass is 32.1. The molecule has 0 aliphatic rings. The molecule has 4 nitrogen and oxygen atoms in total. The molecule has 0 fully saturated rings. The van der Waals surface area contributed by atoms with E-state index in [0.717, 1.165) is 18.5 Å². The van der Waals surface area contributed by atoms with E-state index in [9.17, 15) is 4.79 Å². The summed E-state index contributed by atoms with van der Waals surface area (Å²) in [4.78, 5) is 16.4. The molecule has 2 amide bonds. The van der Waals surface area contributed by atoms with Crippen molar-refractivity contribution >= 4 is 17.4 Å². The Labute approximate surface area is 139 Å². The van der Waals surface area contributed by atoms with Gasteiger partial charge < -0.3 is 10.6 Å². The van der Waals surface area contributed by atoms with Gasteiger partial charge in [0, 0.05) is 30.3 Å². The third kappa shape index (κ3) is 7.78. The SMILES string of the molecule is CCCCCCC(C)NC(=O)NCCc1csc(C(C)C)n1. The second kappa shape index (κ2) is 10.6. The number of thiazole rings is 1. The van der Waals surface area contributed by atoms with Gasteiger partial charge in [0.05, 0.1) is 10.7 Å². The fourth-order valence-electron chi connectivity index (χ4n) is 2.23. The summed E-state index contributed by atoms with van der Waals surface area (Å²) in [7, 11) is 0. The largest absolute Gasteiger partial charge is 0.338 e. The van der Waals surface area contributed by atoms with Crippen molar-refractivity contribution in [3.63, 3.8) is 0 Å². The summed E-state index contributed by atoms with van der Waals surface area (Å²) < 4.78 is 0. The Bertz CT molecular complexity index is 431. The molecule has 0 saturated heterocycles. The van der Waals surface area contributed by atoms with Crippen molar-refractivity contribution in [3.8, 4) is 0 Å². The fourth-order valence-corrected chi connectivity index (χ4v) is 3.10. The summed E-state index contributed by atoms with van der Waals surface area (Å²) in [5.41, 5.74) is 1.07.